The highest BCUT2D eigenvalue weighted by Gasteiger charge is 1.90. The summed E-state index contributed by atoms with van der Waals surface area (Å²) in [6, 6.07) is 0. The maximum atomic E-state index is 5.30. The second kappa shape index (κ2) is 3.15. The van der Waals surface area contributed by atoms with E-state index < -0.39 is 0 Å². The van der Waals surface area contributed by atoms with E-state index in [4.69, 9.17) is 5.73 Å². The fourth-order valence-electron chi connectivity index (χ4n) is 0.783. The number of rotatable bonds is 2. The minimum absolute atomic E-state index is 0.347. The van der Waals surface area contributed by atoms with Gasteiger partial charge in [-0.1, -0.05) is 13.3 Å². The van der Waals surface area contributed by atoms with E-state index in [0.717, 1.165) is 18.4 Å². The molecule has 1 aromatic heterocycles. The van der Waals surface area contributed by atoms with Crippen LogP contribution < -0.4 is 5.73 Å². The second-order valence-corrected chi connectivity index (χ2v) is 2.20. The zero-order valence-electron chi connectivity index (χ0n) is 6.04. The van der Waals surface area contributed by atoms with Gasteiger partial charge in [0.25, 0.3) is 0 Å². The number of nitrogens with two attached hydrogens (primary N) is 1. The summed E-state index contributed by atoms with van der Waals surface area (Å²) in [5, 5.41) is 0. The van der Waals surface area contributed by atoms with Crippen molar-refractivity contribution in [3.63, 3.8) is 0 Å². The van der Waals surface area contributed by atoms with Crippen LogP contribution in [0.15, 0.2) is 12.4 Å². The number of hydrogen-bond acceptors (Lipinski definition) is 3. The van der Waals surface area contributed by atoms with Gasteiger partial charge < -0.3 is 5.73 Å². The van der Waals surface area contributed by atoms with Crippen LogP contribution in [0.5, 0.6) is 0 Å². The molecule has 0 saturated carbocycles. The molecule has 0 aliphatic carbocycles. The summed E-state index contributed by atoms with van der Waals surface area (Å²) in [6.45, 7) is 2.12. The van der Waals surface area contributed by atoms with Crippen LogP contribution in [0.25, 0.3) is 0 Å². The molecule has 0 amide bonds. The van der Waals surface area contributed by atoms with Crippen molar-refractivity contribution >= 4 is 5.95 Å². The molecule has 0 unspecified atom stereocenters. The Balaban J connectivity index is 2.69. The highest BCUT2D eigenvalue weighted by molar-refractivity contribution is 5.16. The van der Waals surface area contributed by atoms with Crippen molar-refractivity contribution in [3.05, 3.63) is 18.0 Å². The lowest BCUT2D eigenvalue weighted by atomic mass is 10.2. The van der Waals surface area contributed by atoms with Crippen LogP contribution in [0.1, 0.15) is 18.9 Å². The zero-order valence-corrected chi connectivity index (χ0v) is 6.04. The minimum atomic E-state index is 0.347. The van der Waals surface area contributed by atoms with Crippen LogP contribution in [0.4, 0.5) is 5.95 Å². The van der Waals surface area contributed by atoms with Crippen molar-refractivity contribution in [3.8, 4) is 0 Å². The lowest BCUT2D eigenvalue weighted by Crippen LogP contribution is -1.95. The molecule has 0 aromatic carbocycles. The molecular formula is C7H11N3. The van der Waals surface area contributed by atoms with E-state index >= 15 is 0 Å². The molecule has 0 saturated heterocycles. The Morgan fingerprint density at radius 3 is 2.50 bits per heavy atom. The fourth-order valence-corrected chi connectivity index (χ4v) is 0.783. The average molecular weight is 137 g/mol. The molecule has 3 nitrogen and oxygen atoms in total. The summed E-state index contributed by atoms with van der Waals surface area (Å²) < 4.78 is 0. The number of nitrogen functional groups attached to an aromatic ring is 1. The first kappa shape index (κ1) is 6.99. The lowest BCUT2D eigenvalue weighted by Gasteiger charge is -1.95. The van der Waals surface area contributed by atoms with Gasteiger partial charge in [-0.3, -0.25) is 0 Å². The second-order valence-electron chi connectivity index (χ2n) is 2.20. The number of nitrogens with zero attached hydrogens (tertiary/aromatic N) is 2. The van der Waals surface area contributed by atoms with Crippen molar-refractivity contribution in [2.75, 3.05) is 5.73 Å². The number of anilines is 1. The Hall–Kier alpha value is -1.12. The van der Waals surface area contributed by atoms with Crippen LogP contribution in [-0.4, -0.2) is 9.97 Å². The molecule has 0 fully saturated rings. The minimum Gasteiger partial charge on any atom is -0.368 e. The molecule has 0 aliphatic rings. The third-order valence-corrected chi connectivity index (χ3v) is 1.26. The molecule has 0 bridgehead atoms. The molecule has 10 heavy (non-hydrogen) atoms. The maximum Gasteiger partial charge on any atom is 0.219 e. The topological polar surface area (TPSA) is 51.8 Å². The molecule has 1 heterocycles. The van der Waals surface area contributed by atoms with E-state index in [0.29, 0.717) is 5.95 Å². The third kappa shape index (κ3) is 1.69. The summed E-state index contributed by atoms with van der Waals surface area (Å²) in [5.74, 6) is 0.347. The first-order valence-corrected chi connectivity index (χ1v) is 3.39. The van der Waals surface area contributed by atoms with E-state index in [2.05, 4.69) is 16.9 Å². The molecule has 1 aromatic rings. The molecule has 3 heteroatoms. The molecule has 2 N–H and O–H groups in total. The molecule has 0 spiro atoms. The van der Waals surface area contributed by atoms with E-state index in [-0.39, 0.29) is 0 Å². The van der Waals surface area contributed by atoms with Crippen molar-refractivity contribution in [2.45, 2.75) is 19.8 Å². The van der Waals surface area contributed by atoms with Gasteiger partial charge in [-0.15, -0.1) is 0 Å². The van der Waals surface area contributed by atoms with Crippen molar-refractivity contribution in [2.24, 2.45) is 0 Å². The van der Waals surface area contributed by atoms with Gasteiger partial charge >= 0.3 is 0 Å². The van der Waals surface area contributed by atoms with Gasteiger partial charge in [-0.05, 0) is 12.0 Å². The Kier molecular flexibility index (Phi) is 2.20. The first-order valence-electron chi connectivity index (χ1n) is 3.39. The largest absolute Gasteiger partial charge is 0.368 e. The Morgan fingerprint density at radius 1 is 1.40 bits per heavy atom. The molecule has 0 radical (unpaired) electrons. The monoisotopic (exact) mass is 137 g/mol. The van der Waals surface area contributed by atoms with E-state index in [9.17, 15) is 0 Å². The zero-order chi connectivity index (χ0) is 7.40. The first-order chi connectivity index (χ1) is 4.83. The SMILES string of the molecule is CCCc1cnc(N)nc1. The Labute approximate surface area is 60.3 Å². The summed E-state index contributed by atoms with van der Waals surface area (Å²) in [4.78, 5) is 7.73. The summed E-state index contributed by atoms with van der Waals surface area (Å²) >= 11 is 0. The Bertz CT molecular complexity index is 193. The van der Waals surface area contributed by atoms with Gasteiger partial charge in [0, 0.05) is 12.4 Å². The predicted molar refractivity (Wildman–Crippen MR) is 40.4 cm³/mol. The molecule has 0 aliphatic heterocycles. The quantitative estimate of drug-likeness (QED) is 0.661. The van der Waals surface area contributed by atoms with Crippen molar-refractivity contribution < 1.29 is 0 Å². The number of aromatic nitrogens is 2. The molecule has 1 rings (SSSR count). The Morgan fingerprint density at radius 2 is 2.00 bits per heavy atom. The normalized spacial score (nSPS) is 9.70. The summed E-state index contributed by atoms with van der Waals surface area (Å²) in [7, 11) is 0. The van der Waals surface area contributed by atoms with E-state index in [1.165, 1.54) is 0 Å². The van der Waals surface area contributed by atoms with Crippen LogP contribution >= 0.6 is 0 Å². The fraction of sp³-hybridized carbons (Fsp3) is 0.429. The van der Waals surface area contributed by atoms with E-state index in [1.807, 2.05) is 0 Å². The third-order valence-electron chi connectivity index (χ3n) is 1.26. The average Bonchev–Trinajstić information content (AvgIpc) is 1.95. The lowest BCUT2D eigenvalue weighted by molar-refractivity contribution is 0.903. The van der Waals surface area contributed by atoms with Crippen LogP contribution in [0.2, 0.25) is 0 Å². The van der Waals surface area contributed by atoms with Gasteiger partial charge in [0.2, 0.25) is 5.95 Å². The maximum absolute atomic E-state index is 5.30. The highest BCUT2D eigenvalue weighted by atomic mass is 15.0. The summed E-state index contributed by atoms with van der Waals surface area (Å²) in [6.07, 6.45) is 5.69. The van der Waals surface area contributed by atoms with E-state index in [1.54, 1.807) is 12.4 Å². The van der Waals surface area contributed by atoms with Crippen molar-refractivity contribution in [1.29, 1.82) is 0 Å². The predicted octanol–water partition coefficient (Wildman–Crippen LogP) is 1.01. The highest BCUT2D eigenvalue weighted by Crippen LogP contribution is 1.99. The molecular weight excluding hydrogens is 126 g/mol. The van der Waals surface area contributed by atoms with Crippen LogP contribution in [0, 0.1) is 0 Å². The van der Waals surface area contributed by atoms with Gasteiger partial charge in [0.15, 0.2) is 0 Å². The number of aryl methyl sites for hydroxylation is 1. The summed E-state index contributed by atoms with van der Waals surface area (Å²) in [5.41, 5.74) is 6.45. The smallest absolute Gasteiger partial charge is 0.219 e. The van der Waals surface area contributed by atoms with Gasteiger partial charge in [-0.2, -0.15) is 0 Å². The van der Waals surface area contributed by atoms with Crippen LogP contribution in [-0.2, 0) is 6.42 Å². The van der Waals surface area contributed by atoms with Gasteiger partial charge in [0.05, 0.1) is 0 Å². The standard InChI is InChI=1S/C7H11N3/c1-2-3-6-4-9-7(8)10-5-6/h4-5H,2-3H2,1H3,(H2,8,9,10). The van der Waals surface area contributed by atoms with Gasteiger partial charge in [0.1, 0.15) is 0 Å². The van der Waals surface area contributed by atoms with Crippen LogP contribution in [0.3, 0.4) is 0 Å². The van der Waals surface area contributed by atoms with Crippen molar-refractivity contribution in [1.82, 2.24) is 9.97 Å². The number of hydrogen-bond donors (Lipinski definition) is 1. The van der Waals surface area contributed by atoms with Gasteiger partial charge in [-0.25, -0.2) is 9.97 Å². The molecule has 54 valence electrons. The molecule has 0 atom stereocenters.